The molecule has 112 valence electrons. The van der Waals surface area contributed by atoms with E-state index in [1.807, 2.05) is 11.9 Å². The van der Waals surface area contributed by atoms with Crippen LogP contribution in [0.3, 0.4) is 0 Å². The van der Waals surface area contributed by atoms with Crippen molar-refractivity contribution in [1.29, 1.82) is 0 Å². The monoisotopic (exact) mass is 288 g/mol. The average molecular weight is 289 g/mol. The van der Waals surface area contributed by atoms with Gasteiger partial charge in [0.05, 0.1) is 0 Å². The molecule has 0 radical (unpaired) electrons. The molecule has 0 aromatic rings. The van der Waals surface area contributed by atoms with Gasteiger partial charge in [0.15, 0.2) is 0 Å². The fraction of sp³-hybridized carbons (Fsp3) is 0.933. The van der Waals surface area contributed by atoms with Crippen molar-refractivity contribution in [3.8, 4) is 0 Å². The third kappa shape index (κ3) is 4.64. The summed E-state index contributed by atoms with van der Waals surface area (Å²) in [6, 6.07) is 0.730. The second kappa shape index (κ2) is 8.11. The Morgan fingerprint density at radius 1 is 1.00 bits per heavy atom. The Morgan fingerprint density at radius 3 is 2.21 bits per heavy atom. The van der Waals surface area contributed by atoms with Crippen LogP contribution in [-0.4, -0.2) is 29.9 Å². The lowest BCUT2D eigenvalue weighted by Gasteiger charge is -2.33. The van der Waals surface area contributed by atoms with Crippen molar-refractivity contribution in [2.75, 3.05) is 7.05 Å². The largest absolute Gasteiger partial charge is 0.343 e. The molecule has 2 N–H and O–H groups in total. The Kier molecular flexibility index (Phi) is 7.16. The van der Waals surface area contributed by atoms with Gasteiger partial charge in [-0.2, -0.15) is 0 Å². The van der Waals surface area contributed by atoms with Gasteiger partial charge in [-0.15, -0.1) is 12.4 Å². The lowest BCUT2D eigenvalue weighted by Crippen LogP contribution is -2.43. The van der Waals surface area contributed by atoms with E-state index in [0.29, 0.717) is 11.9 Å². The first-order valence-electron chi connectivity index (χ1n) is 7.70. The van der Waals surface area contributed by atoms with Crippen LogP contribution in [0.2, 0.25) is 0 Å². The fourth-order valence-corrected chi connectivity index (χ4v) is 3.56. The molecule has 19 heavy (non-hydrogen) atoms. The lowest BCUT2D eigenvalue weighted by molar-refractivity contribution is -0.137. The maximum atomic E-state index is 12.5. The van der Waals surface area contributed by atoms with Crippen LogP contribution in [0.1, 0.15) is 64.2 Å². The van der Waals surface area contributed by atoms with Gasteiger partial charge in [-0.1, -0.05) is 32.1 Å². The van der Waals surface area contributed by atoms with Crippen LogP contribution >= 0.6 is 12.4 Å². The quantitative estimate of drug-likeness (QED) is 0.794. The molecular weight excluding hydrogens is 260 g/mol. The summed E-state index contributed by atoms with van der Waals surface area (Å²) in [6.45, 7) is 0. The summed E-state index contributed by atoms with van der Waals surface area (Å²) < 4.78 is 0. The minimum atomic E-state index is 0. The van der Waals surface area contributed by atoms with Crippen LogP contribution < -0.4 is 5.73 Å². The standard InChI is InChI=1S/C15H28N2O.ClH/c1-17(14-9-4-2-3-5-10-14)15(18)12-7-6-8-13(16)11-12;/h12-14H,2-11,16H2,1H3;1H. The number of carbonyl (C=O) groups excluding carboxylic acids is 1. The van der Waals surface area contributed by atoms with E-state index < -0.39 is 0 Å². The van der Waals surface area contributed by atoms with Crippen molar-refractivity contribution < 1.29 is 4.79 Å². The molecule has 2 rings (SSSR count). The molecule has 0 aromatic carbocycles. The van der Waals surface area contributed by atoms with Crippen molar-refractivity contribution in [3.63, 3.8) is 0 Å². The number of hydrogen-bond acceptors (Lipinski definition) is 2. The first-order chi connectivity index (χ1) is 8.68. The molecule has 2 fully saturated rings. The molecule has 0 heterocycles. The van der Waals surface area contributed by atoms with Crippen LogP contribution in [0, 0.1) is 5.92 Å². The number of rotatable bonds is 2. The smallest absolute Gasteiger partial charge is 0.225 e. The van der Waals surface area contributed by atoms with Crippen molar-refractivity contribution in [1.82, 2.24) is 4.90 Å². The van der Waals surface area contributed by atoms with Gasteiger partial charge in [0, 0.05) is 25.0 Å². The highest BCUT2D eigenvalue weighted by molar-refractivity contribution is 5.85. The van der Waals surface area contributed by atoms with E-state index >= 15 is 0 Å². The number of carbonyl (C=O) groups is 1. The predicted molar refractivity (Wildman–Crippen MR) is 81.4 cm³/mol. The Bertz CT molecular complexity index is 277. The van der Waals surface area contributed by atoms with Gasteiger partial charge < -0.3 is 10.6 Å². The summed E-state index contributed by atoms with van der Waals surface area (Å²) >= 11 is 0. The van der Waals surface area contributed by atoms with Gasteiger partial charge in [-0.3, -0.25) is 4.79 Å². The van der Waals surface area contributed by atoms with Crippen LogP contribution in [0.4, 0.5) is 0 Å². The Hall–Kier alpha value is -0.280. The van der Waals surface area contributed by atoms with Crippen LogP contribution in [-0.2, 0) is 4.79 Å². The van der Waals surface area contributed by atoms with Gasteiger partial charge in [0.1, 0.15) is 0 Å². The molecule has 2 unspecified atom stereocenters. The molecule has 0 aromatic heterocycles. The van der Waals surface area contributed by atoms with Gasteiger partial charge in [0.2, 0.25) is 5.91 Å². The Balaban J connectivity index is 0.00000180. The molecule has 2 saturated carbocycles. The van der Waals surface area contributed by atoms with E-state index in [2.05, 4.69) is 0 Å². The summed E-state index contributed by atoms with van der Waals surface area (Å²) in [5.41, 5.74) is 6.00. The minimum Gasteiger partial charge on any atom is -0.343 e. The van der Waals surface area contributed by atoms with E-state index in [9.17, 15) is 4.79 Å². The van der Waals surface area contributed by atoms with E-state index in [1.54, 1.807) is 0 Å². The van der Waals surface area contributed by atoms with E-state index in [4.69, 9.17) is 5.73 Å². The zero-order valence-corrected chi connectivity index (χ0v) is 13.0. The molecule has 3 nitrogen and oxygen atoms in total. The maximum Gasteiger partial charge on any atom is 0.225 e. The summed E-state index contributed by atoms with van der Waals surface area (Å²) in [5, 5.41) is 0. The van der Waals surface area contributed by atoms with E-state index in [0.717, 1.165) is 25.7 Å². The molecule has 0 aliphatic heterocycles. The van der Waals surface area contributed by atoms with Gasteiger partial charge >= 0.3 is 0 Å². The molecule has 4 heteroatoms. The highest BCUT2D eigenvalue weighted by Crippen LogP contribution is 2.27. The third-order valence-corrected chi connectivity index (χ3v) is 4.78. The summed E-state index contributed by atoms with van der Waals surface area (Å²) in [5.74, 6) is 0.555. The van der Waals surface area contributed by atoms with E-state index in [1.165, 1.54) is 38.5 Å². The first-order valence-corrected chi connectivity index (χ1v) is 7.70. The molecular formula is C15H29ClN2O. The normalized spacial score (nSPS) is 29.2. The highest BCUT2D eigenvalue weighted by atomic mass is 35.5. The molecule has 0 bridgehead atoms. The average Bonchev–Trinajstić information content (AvgIpc) is 2.66. The molecule has 2 atom stereocenters. The van der Waals surface area contributed by atoms with Gasteiger partial charge in [-0.05, 0) is 32.1 Å². The van der Waals surface area contributed by atoms with Crippen molar-refractivity contribution in [2.45, 2.75) is 76.3 Å². The molecule has 0 saturated heterocycles. The van der Waals surface area contributed by atoms with Crippen molar-refractivity contribution in [3.05, 3.63) is 0 Å². The topological polar surface area (TPSA) is 46.3 Å². The summed E-state index contributed by atoms with van der Waals surface area (Å²) in [6.07, 6.45) is 11.8. The first kappa shape index (κ1) is 16.8. The second-order valence-electron chi connectivity index (χ2n) is 6.22. The number of hydrogen-bond donors (Lipinski definition) is 1. The predicted octanol–water partition coefficient (Wildman–Crippen LogP) is 3.11. The highest BCUT2D eigenvalue weighted by Gasteiger charge is 2.30. The molecule has 2 aliphatic carbocycles. The molecule has 1 amide bonds. The maximum absolute atomic E-state index is 12.5. The second-order valence-corrected chi connectivity index (χ2v) is 6.22. The van der Waals surface area contributed by atoms with Gasteiger partial charge in [0.25, 0.3) is 0 Å². The zero-order valence-electron chi connectivity index (χ0n) is 12.1. The number of nitrogens with two attached hydrogens (primary N) is 1. The Labute approximate surface area is 123 Å². The minimum absolute atomic E-state index is 0. The number of halogens is 1. The van der Waals surface area contributed by atoms with Crippen LogP contribution in [0.15, 0.2) is 0 Å². The fourth-order valence-electron chi connectivity index (χ4n) is 3.56. The molecule has 2 aliphatic rings. The zero-order chi connectivity index (χ0) is 13.0. The third-order valence-electron chi connectivity index (χ3n) is 4.78. The summed E-state index contributed by atoms with van der Waals surface area (Å²) in [7, 11) is 2.01. The van der Waals surface area contributed by atoms with Gasteiger partial charge in [-0.25, -0.2) is 0 Å². The van der Waals surface area contributed by atoms with Crippen molar-refractivity contribution in [2.24, 2.45) is 11.7 Å². The molecule has 0 spiro atoms. The number of amides is 1. The SMILES string of the molecule is CN(C(=O)C1CCCC(N)C1)C1CCCCCC1.Cl. The summed E-state index contributed by atoms with van der Waals surface area (Å²) in [4.78, 5) is 14.6. The lowest BCUT2D eigenvalue weighted by atomic mass is 9.85. The van der Waals surface area contributed by atoms with Crippen LogP contribution in [0.25, 0.3) is 0 Å². The van der Waals surface area contributed by atoms with Crippen LogP contribution in [0.5, 0.6) is 0 Å². The van der Waals surface area contributed by atoms with Crippen molar-refractivity contribution >= 4 is 18.3 Å². The number of nitrogens with zero attached hydrogens (tertiary/aromatic N) is 1. The Morgan fingerprint density at radius 2 is 1.63 bits per heavy atom. The van der Waals surface area contributed by atoms with E-state index in [-0.39, 0.29) is 24.4 Å².